The smallest absolute Gasteiger partial charge is 0.410 e. The second-order valence-corrected chi connectivity index (χ2v) is 6.24. The highest BCUT2D eigenvalue weighted by molar-refractivity contribution is 5.68. The topological polar surface area (TPSA) is 47.0 Å². The van der Waals surface area contributed by atoms with Crippen LogP contribution in [-0.2, 0) is 28.7 Å². The molecule has 2 saturated heterocycles. The maximum absolute atomic E-state index is 12.2. The summed E-state index contributed by atoms with van der Waals surface area (Å²) < 4.78 is 13.5. The van der Waals surface area contributed by atoms with Crippen LogP contribution in [0.5, 0.6) is 0 Å². The molecule has 23 heavy (non-hydrogen) atoms. The third kappa shape index (κ3) is 2.51. The molecule has 1 amide bonds. The first-order valence-electron chi connectivity index (χ1n) is 7.94. The molecule has 5 nitrogen and oxygen atoms in total. The minimum atomic E-state index is -0.259. The van der Waals surface area contributed by atoms with Crippen molar-refractivity contribution in [2.45, 2.75) is 24.7 Å². The number of amides is 1. The minimum Gasteiger partial charge on any atom is -0.445 e. The number of carbonyl (C=O) groups is 1. The van der Waals surface area contributed by atoms with Crippen molar-refractivity contribution in [1.82, 2.24) is 9.47 Å². The Balaban J connectivity index is 1.35. The Morgan fingerprint density at radius 1 is 1.30 bits per heavy atom. The molecule has 120 valence electrons. The van der Waals surface area contributed by atoms with Gasteiger partial charge in [0.2, 0.25) is 0 Å². The number of likely N-dealkylation sites (tertiary alicyclic amines) is 1. The third-order valence-corrected chi connectivity index (χ3v) is 4.80. The van der Waals surface area contributed by atoms with Crippen molar-refractivity contribution in [1.29, 1.82) is 0 Å². The summed E-state index contributed by atoms with van der Waals surface area (Å²) in [5.74, 6) is 0. The predicted octanol–water partition coefficient (Wildman–Crippen LogP) is 2.66. The van der Waals surface area contributed by atoms with Crippen molar-refractivity contribution in [2.75, 3.05) is 13.1 Å². The van der Waals surface area contributed by atoms with Gasteiger partial charge in [-0.3, -0.25) is 0 Å². The molecule has 3 heterocycles. The number of benzene rings is 1. The van der Waals surface area contributed by atoms with E-state index in [0.717, 1.165) is 12.0 Å². The summed E-state index contributed by atoms with van der Waals surface area (Å²) >= 11 is 0. The van der Waals surface area contributed by atoms with Crippen LogP contribution in [0.25, 0.3) is 0 Å². The summed E-state index contributed by atoms with van der Waals surface area (Å²) in [6.07, 6.45) is 2.66. The molecule has 2 atom stereocenters. The standard InChI is InChI=1S/C18H20N2O3/c1-19-10-5-8-15(19)18-9-11-20(12-16(18)23-18)17(21)22-13-14-6-3-2-4-7-14/h2-8,10,16H,9,11-13H2,1H3/t16-,18-/m1/s1. The average molecular weight is 312 g/mol. The van der Waals surface area contributed by atoms with Crippen LogP contribution in [0.1, 0.15) is 17.7 Å². The van der Waals surface area contributed by atoms with E-state index in [1.807, 2.05) is 49.6 Å². The molecule has 2 fully saturated rings. The van der Waals surface area contributed by atoms with Gasteiger partial charge < -0.3 is 18.9 Å². The number of rotatable bonds is 3. The number of epoxide rings is 1. The van der Waals surface area contributed by atoms with E-state index in [4.69, 9.17) is 9.47 Å². The number of fused-ring (bicyclic) bond motifs is 1. The monoisotopic (exact) mass is 312 g/mol. The van der Waals surface area contributed by atoms with Gasteiger partial charge in [0.1, 0.15) is 18.3 Å². The summed E-state index contributed by atoms with van der Waals surface area (Å²) in [5, 5.41) is 0. The van der Waals surface area contributed by atoms with Gasteiger partial charge in [0.05, 0.1) is 12.2 Å². The van der Waals surface area contributed by atoms with Crippen molar-refractivity contribution < 1.29 is 14.3 Å². The van der Waals surface area contributed by atoms with Crippen LogP contribution in [0, 0.1) is 0 Å². The van der Waals surface area contributed by atoms with E-state index in [-0.39, 0.29) is 17.8 Å². The summed E-state index contributed by atoms with van der Waals surface area (Å²) in [6, 6.07) is 13.9. The average Bonchev–Trinajstić information content (AvgIpc) is 3.16. The summed E-state index contributed by atoms with van der Waals surface area (Å²) in [4.78, 5) is 14.0. The van der Waals surface area contributed by atoms with Gasteiger partial charge in [0.15, 0.2) is 0 Å². The Kier molecular flexibility index (Phi) is 3.38. The Labute approximate surface area is 135 Å². The fraction of sp³-hybridized carbons (Fsp3) is 0.389. The second kappa shape index (κ2) is 5.42. The van der Waals surface area contributed by atoms with Crippen LogP contribution >= 0.6 is 0 Å². The normalized spacial score (nSPS) is 25.8. The number of aromatic nitrogens is 1. The molecule has 0 unspecified atom stereocenters. The molecule has 1 aromatic carbocycles. The lowest BCUT2D eigenvalue weighted by molar-refractivity contribution is 0.0894. The fourth-order valence-electron chi connectivity index (χ4n) is 3.45. The van der Waals surface area contributed by atoms with Crippen LogP contribution in [0.3, 0.4) is 0 Å². The molecule has 0 N–H and O–H groups in total. The first-order valence-corrected chi connectivity index (χ1v) is 7.94. The van der Waals surface area contributed by atoms with E-state index in [2.05, 4.69) is 10.6 Å². The van der Waals surface area contributed by atoms with Gasteiger partial charge in [-0.15, -0.1) is 0 Å². The Hall–Kier alpha value is -2.27. The van der Waals surface area contributed by atoms with Crippen LogP contribution < -0.4 is 0 Å². The van der Waals surface area contributed by atoms with Gasteiger partial charge >= 0.3 is 6.09 Å². The van der Waals surface area contributed by atoms with Crippen LogP contribution in [0.2, 0.25) is 0 Å². The number of hydrogen-bond donors (Lipinski definition) is 0. The van der Waals surface area contributed by atoms with Gasteiger partial charge in [0.25, 0.3) is 0 Å². The highest BCUT2D eigenvalue weighted by Gasteiger charge is 2.62. The second-order valence-electron chi connectivity index (χ2n) is 6.24. The van der Waals surface area contributed by atoms with Gasteiger partial charge in [-0.2, -0.15) is 0 Å². The van der Waals surface area contributed by atoms with Crippen LogP contribution in [0.4, 0.5) is 4.79 Å². The van der Waals surface area contributed by atoms with Crippen molar-refractivity contribution >= 4 is 6.09 Å². The van der Waals surface area contributed by atoms with E-state index in [1.54, 1.807) is 4.90 Å². The highest BCUT2D eigenvalue weighted by atomic mass is 16.6. The maximum Gasteiger partial charge on any atom is 0.410 e. The van der Waals surface area contributed by atoms with Gasteiger partial charge in [-0.05, 0) is 17.7 Å². The van der Waals surface area contributed by atoms with Crippen molar-refractivity contribution in [3.63, 3.8) is 0 Å². The Morgan fingerprint density at radius 2 is 2.13 bits per heavy atom. The molecule has 0 bridgehead atoms. The molecule has 2 aliphatic heterocycles. The molecular weight excluding hydrogens is 292 g/mol. The Morgan fingerprint density at radius 3 is 2.83 bits per heavy atom. The van der Waals surface area contributed by atoms with Crippen LogP contribution in [-0.4, -0.2) is 34.8 Å². The Bertz CT molecular complexity index is 712. The first kappa shape index (κ1) is 14.3. The van der Waals surface area contributed by atoms with Gasteiger partial charge in [0, 0.05) is 26.2 Å². The molecule has 2 aromatic rings. The number of carbonyl (C=O) groups excluding carboxylic acids is 1. The summed E-state index contributed by atoms with van der Waals surface area (Å²) in [6.45, 7) is 1.57. The van der Waals surface area contributed by atoms with E-state index >= 15 is 0 Å². The summed E-state index contributed by atoms with van der Waals surface area (Å²) in [7, 11) is 2.03. The fourth-order valence-corrected chi connectivity index (χ4v) is 3.45. The minimum absolute atomic E-state index is 0.0779. The van der Waals surface area contributed by atoms with Crippen LogP contribution in [0.15, 0.2) is 48.7 Å². The SMILES string of the molecule is Cn1cccc1[C@]12CCN(C(=O)OCc3ccccc3)C[C@H]1O2. The van der Waals surface area contributed by atoms with Crippen molar-refractivity contribution in [3.05, 3.63) is 59.9 Å². The lowest BCUT2D eigenvalue weighted by Crippen LogP contribution is -2.42. The number of nitrogens with zero attached hydrogens (tertiary/aromatic N) is 2. The molecular formula is C18H20N2O3. The molecule has 4 rings (SSSR count). The molecule has 0 radical (unpaired) electrons. The van der Waals surface area contributed by atoms with E-state index < -0.39 is 0 Å². The molecule has 0 aliphatic carbocycles. The van der Waals surface area contributed by atoms with Gasteiger partial charge in [-0.25, -0.2) is 4.79 Å². The molecule has 1 aromatic heterocycles. The highest BCUT2D eigenvalue weighted by Crippen LogP contribution is 2.51. The zero-order valence-electron chi connectivity index (χ0n) is 13.1. The van der Waals surface area contributed by atoms with Crippen molar-refractivity contribution in [2.24, 2.45) is 7.05 Å². The molecule has 2 aliphatic rings. The lowest BCUT2D eigenvalue weighted by Gasteiger charge is -2.28. The first-order chi connectivity index (χ1) is 11.2. The molecule has 5 heteroatoms. The van der Waals surface area contributed by atoms with Gasteiger partial charge in [-0.1, -0.05) is 30.3 Å². The number of aryl methyl sites for hydroxylation is 1. The van der Waals surface area contributed by atoms with Crippen molar-refractivity contribution in [3.8, 4) is 0 Å². The number of hydrogen-bond acceptors (Lipinski definition) is 3. The molecule has 0 spiro atoms. The number of ether oxygens (including phenoxy) is 2. The van der Waals surface area contributed by atoms with E-state index in [1.165, 1.54) is 5.69 Å². The summed E-state index contributed by atoms with van der Waals surface area (Å²) in [5.41, 5.74) is 1.99. The maximum atomic E-state index is 12.2. The zero-order chi connectivity index (χ0) is 15.9. The third-order valence-electron chi connectivity index (χ3n) is 4.80. The number of piperidine rings is 1. The lowest BCUT2D eigenvalue weighted by atomic mass is 9.93. The van der Waals surface area contributed by atoms with E-state index in [9.17, 15) is 4.79 Å². The largest absolute Gasteiger partial charge is 0.445 e. The quantitative estimate of drug-likeness (QED) is 0.819. The molecule has 0 saturated carbocycles. The predicted molar refractivity (Wildman–Crippen MR) is 84.8 cm³/mol. The van der Waals surface area contributed by atoms with E-state index in [0.29, 0.717) is 19.7 Å². The zero-order valence-corrected chi connectivity index (χ0v) is 13.1.